The number of benzene rings is 1. The third-order valence-corrected chi connectivity index (χ3v) is 1.84. The first-order valence-electron chi connectivity index (χ1n) is 4.11. The molecule has 0 atom stereocenters. The van der Waals surface area contributed by atoms with Crippen LogP contribution >= 0.6 is 0 Å². The van der Waals surface area contributed by atoms with Crippen molar-refractivity contribution in [3.63, 3.8) is 0 Å². The highest BCUT2D eigenvalue weighted by atomic mass is 19.4. The van der Waals surface area contributed by atoms with E-state index >= 15 is 0 Å². The number of hydrogen-bond donors (Lipinski definition) is 0. The third-order valence-electron chi connectivity index (χ3n) is 1.84. The van der Waals surface area contributed by atoms with Gasteiger partial charge in [0.25, 0.3) is 5.89 Å². The van der Waals surface area contributed by atoms with E-state index in [0.717, 1.165) is 24.3 Å². The molecule has 2 rings (SSSR count). The zero-order valence-corrected chi connectivity index (χ0v) is 7.62. The molecule has 0 aliphatic rings. The topological polar surface area (TPSA) is 56.2 Å². The van der Waals surface area contributed by atoms with Gasteiger partial charge in [-0.3, -0.25) is 4.52 Å². The number of halogens is 3. The molecule has 0 aliphatic carbocycles. The van der Waals surface area contributed by atoms with Crippen molar-refractivity contribution in [1.29, 1.82) is 0 Å². The van der Waals surface area contributed by atoms with Gasteiger partial charge in [-0.25, -0.2) is 4.79 Å². The number of rotatable bonds is 1. The van der Waals surface area contributed by atoms with Crippen LogP contribution in [0.25, 0.3) is 11.5 Å². The molecule has 1 aromatic heterocycles. The fourth-order valence-corrected chi connectivity index (χ4v) is 1.11. The van der Waals surface area contributed by atoms with Crippen LogP contribution in [0.5, 0.6) is 0 Å². The van der Waals surface area contributed by atoms with E-state index in [0.29, 0.717) is 0 Å². The summed E-state index contributed by atoms with van der Waals surface area (Å²) in [7, 11) is 0. The van der Waals surface area contributed by atoms with Crippen LogP contribution in [0.15, 0.2) is 38.0 Å². The van der Waals surface area contributed by atoms with Gasteiger partial charge >= 0.3 is 12.0 Å². The van der Waals surface area contributed by atoms with E-state index in [1.165, 1.54) is 0 Å². The summed E-state index contributed by atoms with van der Waals surface area (Å²) in [5, 5.41) is 3.24. The summed E-state index contributed by atoms with van der Waals surface area (Å²) in [6, 6.07) is 4.02. The third kappa shape index (κ3) is 1.97. The normalized spacial score (nSPS) is 11.7. The number of nitrogens with zero attached hydrogens (tertiary/aromatic N) is 1. The lowest BCUT2D eigenvalue weighted by atomic mass is 10.1. The Labute approximate surface area is 86.3 Å². The minimum atomic E-state index is -4.40. The monoisotopic (exact) mass is 231 g/mol. The van der Waals surface area contributed by atoms with Gasteiger partial charge in [-0.1, -0.05) is 0 Å². The van der Waals surface area contributed by atoms with Gasteiger partial charge in [-0.05, 0) is 29.4 Å². The van der Waals surface area contributed by atoms with Crippen molar-refractivity contribution in [3.8, 4) is 11.5 Å². The fourth-order valence-electron chi connectivity index (χ4n) is 1.11. The average Bonchev–Trinajstić information content (AvgIpc) is 2.64. The first-order chi connectivity index (χ1) is 7.47. The number of aromatic nitrogens is 1. The second kappa shape index (κ2) is 3.51. The molecule has 0 bridgehead atoms. The molecular weight excluding hydrogens is 227 g/mol. The Morgan fingerprint density at radius 2 is 1.75 bits per heavy atom. The molecule has 1 aromatic carbocycles. The minimum absolute atomic E-state index is 0.154. The molecule has 4 nitrogen and oxygen atoms in total. The van der Waals surface area contributed by atoms with Gasteiger partial charge in [-0.15, -0.1) is 0 Å². The van der Waals surface area contributed by atoms with Crippen molar-refractivity contribution < 1.29 is 22.1 Å². The van der Waals surface area contributed by atoms with Crippen LogP contribution in [0, 0.1) is 0 Å². The molecule has 1 heterocycles. The molecule has 7 heteroatoms. The van der Waals surface area contributed by atoms with Crippen LogP contribution in [0.3, 0.4) is 0 Å². The molecule has 0 N–H and O–H groups in total. The summed E-state index contributed by atoms with van der Waals surface area (Å²) >= 11 is 0. The van der Waals surface area contributed by atoms with Crippen LogP contribution in [-0.4, -0.2) is 5.16 Å². The molecule has 0 saturated heterocycles. The second-order valence-electron chi connectivity index (χ2n) is 2.91. The Bertz CT molecular complexity index is 538. The highest BCUT2D eigenvalue weighted by Gasteiger charge is 2.30. The lowest BCUT2D eigenvalue weighted by Gasteiger charge is -2.05. The van der Waals surface area contributed by atoms with Crippen molar-refractivity contribution in [1.82, 2.24) is 5.16 Å². The minimum Gasteiger partial charge on any atom is -0.370 e. The number of alkyl halides is 3. The van der Waals surface area contributed by atoms with Gasteiger partial charge in [-0.2, -0.15) is 13.2 Å². The Kier molecular flexibility index (Phi) is 2.30. The van der Waals surface area contributed by atoms with Crippen LogP contribution in [0.4, 0.5) is 13.2 Å². The Morgan fingerprint density at radius 3 is 2.19 bits per heavy atom. The van der Waals surface area contributed by atoms with Crippen LogP contribution in [0.2, 0.25) is 0 Å². The predicted molar refractivity (Wildman–Crippen MR) is 45.5 cm³/mol. The van der Waals surface area contributed by atoms with Crippen molar-refractivity contribution in [2.45, 2.75) is 6.18 Å². The molecule has 0 aliphatic heterocycles. The lowest BCUT2D eigenvalue weighted by molar-refractivity contribution is -0.137. The molecule has 0 amide bonds. The van der Waals surface area contributed by atoms with Crippen molar-refractivity contribution in [2.24, 2.45) is 0 Å². The van der Waals surface area contributed by atoms with Crippen LogP contribution in [0.1, 0.15) is 5.56 Å². The van der Waals surface area contributed by atoms with E-state index in [1.54, 1.807) is 0 Å². The second-order valence-corrected chi connectivity index (χ2v) is 2.91. The molecule has 0 fully saturated rings. The van der Waals surface area contributed by atoms with Crippen LogP contribution in [-0.2, 0) is 6.18 Å². The fraction of sp³-hybridized carbons (Fsp3) is 0.111. The quantitative estimate of drug-likeness (QED) is 0.755. The van der Waals surface area contributed by atoms with Crippen molar-refractivity contribution in [2.75, 3.05) is 0 Å². The van der Waals surface area contributed by atoms with E-state index in [2.05, 4.69) is 14.1 Å². The Balaban J connectivity index is 2.36. The molecule has 16 heavy (non-hydrogen) atoms. The van der Waals surface area contributed by atoms with Gasteiger partial charge < -0.3 is 4.42 Å². The molecule has 0 spiro atoms. The maximum absolute atomic E-state index is 12.2. The molecule has 84 valence electrons. The summed E-state index contributed by atoms with van der Waals surface area (Å²) < 4.78 is 45.3. The standard InChI is InChI=1S/C9H4F3NO3/c10-9(11,12)6-3-1-5(2-4-6)7-13-16-8(14)15-7/h1-4H. The van der Waals surface area contributed by atoms with Gasteiger partial charge in [0.1, 0.15) is 0 Å². The molecule has 0 radical (unpaired) electrons. The predicted octanol–water partition coefficient (Wildman–Crippen LogP) is 2.31. The van der Waals surface area contributed by atoms with E-state index in [4.69, 9.17) is 0 Å². The zero-order valence-electron chi connectivity index (χ0n) is 7.62. The molecule has 0 saturated carbocycles. The van der Waals surface area contributed by atoms with Crippen molar-refractivity contribution >= 4 is 0 Å². The van der Waals surface area contributed by atoms with E-state index in [-0.39, 0.29) is 11.5 Å². The Morgan fingerprint density at radius 1 is 1.12 bits per heavy atom. The smallest absolute Gasteiger partial charge is 0.370 e. The largest absolute Gasteiger partial charge is 0.542 e. The maximum Gasteiger partial charge on any atom is 0.542 e. The summed E-state index contributed by atoms with van der Waals surface area (Å²) in [5.74, 6) is -1.16. The van der Waals surface area contributed by atoms with Crippen LogP contribution < -0.4 is 5.82 Å². The highest BCUT2D eigenvalue weighted by Crippen LogP contribution is 2.30. The molecule has 2 aromatic rings. The summed E-state index contributed by atoms with van der Waals surface area (Å²) in [6.45, 7) is 0. The van der Waals surface area contributed by atoms with Crippen molar-refractivity contribution in [3.05, 3.63) is 40.4 Å². The lowest BCUT2D eigenvalue weighted by Crippen LogP contribution is -2.03. The summed E-state index contributed by atoms with van der Waals surface area (Å²) in [4.78, 5) is 10.5. The Hall–Kier alpha value is -2.05. The average molecular weight is 231 g/mol. The maximum atomic E-state index is 12.2. The summed E-state index contributed by atoms with van der Waals surface area (Å²) in [5.41, 5.74) is -0.555. The van der Waals surface area contributed by atoms with Gasteiger partial charge in [0.2, 0.25) is 0 Å². The first kappa shape index (κ1) is 10.5. The zero-order chi connectivity index (χ0) is 11.8. The number of hydrogen-bond acceptors (Lipinski definition) is 4. The van der Waals surface area contributed by atoms with E-state index in [9.17, 15) is 18.0 Å². The molecular formula is C9H4F3NO3. The van der Waals surface area contributed by atoms with Gasteiger partial charge in [0.05, 0.1) is 5.56 Å². The van der Waals surface area contributed by atoms with Gasteiger partial charge in [0.15, 0.2) is 0 Å². The summed E-state index contributed by atoms with van der Waals surface area (Å²) in [6.07, 6.45) is -4.40. The molecule has 0 unspecified atom stereocenters. The highest BCUT2D eigenvalue weighted by molar-refractivity contribution is 5.52. The van der Waals surface area contributed by atoms with Gasteiger partial charge in [0, 0.05) is 5.56 Å². The SMILES string of the molecule is O=c1onc(-c2ccc(C(F)(F)F)cc2)o1. The van der Waals surface area contributed by atoms with E-state index < -0.39 is 17.6 Å². The first-order valence-corrected chi connectivity index (χ1v) is 4.11. The van der Waals surface area contributed by atoms with E-state index in [1.807, 2.05) is 0 Å².